The average molecular weight is 395 g/mol. The van der Waals surface area contributed by atoms with Gasteiger partial charge in [-0.15, -0.1) is 0 Å². The molecule has 1 heterocycles. The van der Waals surface area contributed by atoms with Gasteiger partial charge in [-0.25, -0.2) is 0 Å². The Labute approximate surface area is 134 Å². The molecule has 3 aromatic rings. The van der Waals surface area contributed by atoms with Crippen molar-refractivity contribution in [3.05, 3.63) is 57.1 Å². The zero-order chi connectivity index (χ0) is 14.1. The van der Waals surface area contributed by atoms with E-state index < -0.39 is 0 Å². The molecule has 0 aliphatic rings. The number of halogens is 2. The second kappa shape index (κ2) is 5.58. The fourth-order valence-electron chi connectivity index (χ4n) is 2.26. The van der Waals surface area contributed by atoms with E-state index in [1.165, 1.54) is 5.56 Å². The minimum atomic E-state index is 0.193. The van der Waals surface area contributed by atoms with Crippen LogP contribution in [0.5, 0.6) is 0 Å². The van der Waals surface area contributed by atoms with E-state index in [1.807, 2.05) is 18.3 Å². The summed E-state index contributed by atoms with van der Waals surface area (Å²) in [4.78, 5) is 0. The topological polar surface area (TPSA) is 40.7 Å². The van der Waals surface area contributed by atoms with Gasteiger partial charge in [-0.05, 0) is 36.8 Å². The number of aromatic amines is 1. The highest BCUT2D eigenvalue weighted by atomic mass is 79.9. The van der Waals surface area contributed by atoms with Crippen molar-refractivity contribution in [1.29, 1.82) is 0 Å². The minimum Gasteiger partial charge on any atom is -0.378 e. The number of nitrogens with one attached hydrogen (secondary N) is 2. The van der Waals surface area contributed by atoms with E-state index in [0.29, 0.717) is 0 Å². The molecule has 0 amide bonds. The van der Waals surface area contributed by atoms with Gasteiger partial charge in [-0.1, -0.05) is 44.0 Å². The van der Waals surface area contributed by atoms with E-state index in [4.69, 9.17) is 0 Å². The Hall–Kier alpha value is -1.33. The Morgan fingerprint density at radius 1 is 1.20 bits per heavy atom. The molecule has 1 atom stereocenters. The van der Waals surface area contributed by atoms with Crippen molar-refractivity contribution in [3.8, 4) is 0 Å². The Morgan fingerprint density at radius 3 is 2.85 bits per heavy atom. The number of H-pyrrole nitrogens is 1. The molecule has 0 spiro atoms. The Kier molecular flexibility index (Phi) is 3.81. The number of rotatable bonds is 3. The molecule has 2 N–H and O–H groups in total. The monoisotopic (exact) mass is 393 g/mol. The first kappa shape index (κ1) is 13.6. The summed E-state index contributed by atoms with van der Waals surface area (Å²) in [5.74, 6) is 0. The van der Waals surface area contributed by atoms with Crippen molar-refractivity contribution in [2.45, 2.75) is 13.0 Å². The number of fused-ring (bicyclic) bond motifs is 1. The van der Waals surface area contributed by atoms with Gasteiger partial charge in [0.1, 0.15) is 0 Å². The third kappa shape index (κ3) is 2.60. The van der Waals surface area contributed by atoms with Gasteiger partial charge in [0.15, 0.2) is 0 Å². The highest BCUT2D eigenvalue weighted by Crippen LogP contribution is 2.30. The van der Waals surface area contributed by atoms with Gasteiger partial charge in [0.2, 0.25) is 0 Å². The average Bonchev–Trinajstić information content (AvgIpc) is 2.87. The maximum atomic E-state index is 4.09. The van der Waals surface area contributed by atoms with Gasteiger partial charge in [0.25, 0.3) is 0 Å². The van der Waals surface area contributed by atoms with Crippen molar-refractivity contribution in [2.75, 3.05) is 5.32 Å². The third-order valence-corrected chi connectivity index (χ3v) is 4.47. The summed E-state index contributed by atoms with van der Waals surface area (Å²) in [7, 11) is 0. The predicted octanol–water partition coefficient (Wildman–Crippen LogP) is 5.26. The normalized spacial score (nSPS) is 12.6. The lowest BCUT2D eigenvalue weighted by Crippen LogP contribution is -2.07. The lowest BCUT2D eigenvalue weighted by atomic mass is 10.1. The van der Waals surface area contributed by atoms with Gasteiger partial charge >= 0.3 is 0 Å². The molecule has 1 unspecified atom stereocenters. The van der Waals surface area contributed by atoms with Crippen LogP contribution >= 0.6 is 31.9 Å². The van der Waals surface area contributed by atoms with Crippen molar-refractivity contribution in [3.63, 3.8) is 0 Å². The van der Waals surface area contributed by atoms with Crippen LogP contribution in [0.2, 0.25) is 0 Å². The quantitative estimate of drug-likeness (QED) is 0.635. The van der Waals surface area contributed by atoms with E-state index in [1.54, 1.807) is 0 Å². The van der Waals surface area contributed by atoms with E-state index >= 15 is 0 Å². The van der Waals surface area contributed by atoms with Crippen LogP contribution in [0, 0.1) is 0 Å². The summed E-state index contributed by atoms with van der Waals surface area (Å²) in [6, 6.07) is 12.5. The lowest BCUT2D eigenvalue weighted by molar-refractivity contribution is 0.880. The summed E-state index contributed by atoms with van der Waals surface area (Å²) < 4.78 is 2.16. The largest absolute Gasteiger partial charge is 0.378 e. The highest BCUT2D eigenvalue weighted by Gasteiger charge is 2.11. The number of benzene rings is 2. The molecule has 0 saturated heterocycles. The van der Waals surface area contributed by atoms with E-state index in [-0.39, 0.29) is 6.04 Å². The van der Waals surface area contributed by atoms with Crippen LogP contribution in [0.1, 0.15) is 18.5 Å². The molecule has 0 aliphatic carbocycles. The molecular weight excluding hydrogens is 382 g/mol. The van der Waals surface area contributed by atoms with Crippen LogP contribution in [0.25, 0.3) is 10.9 Å². The van der Waals surface area contributed by atoms with Crippen LogP contribution in [-0.4, -0.2) is 10.2 Å². The Morgan fingerprint density at radius 2 is 2.05 bits per heavy atom. The molecule has 3 rings (SSSR count). The van der Waals surface area contributed by atoms with Crippen LogP contribution in [0.4, 0.5) is 5.69 Å². The molecule has 0 fully saturated rings. The van der Waals surface area contributed by atoms with Crippen LogP contribution < -0.4 is 5.32 Å². The summed E-state index contributed by atoms with van der Waals surface area (Å²) in [5, 5.41) is 11.7. The fraction of sp³-hybridized carbons (Fsp3) is 0.133. The highest BCUT2D eigenvalue weighted by molar-refractivity contribution is 9.11. The summed E-state index contributed by atoms with van der Waals surface area (Å²) >= 11 is 7.09. The molecule has 102 valence electrons. The summed E-state index contributed by atoms with van der Waals surface area (Å²) in [5.41, 5.74) is 3.34. The van der Waals surface area contributed by atoms with E-state index in [0.717, 1.165) is 25.5 Å². The molecule has 5 heteroatoms. The molecule has 1 aromatic heterocycles. The van der Waals surface area contributed by atoms with Crippen molar-refractivity contribution in [1.82, 2.24) is 10.2 Å². The number of nitrogens with zero attached hydrogens (tertiary/aromatic N) is 1. The second-order valence-corrected chi connectivity index (χ2v) is 6.44. The van der Waals surface area contributed by atoms with Crippen molar-refractivity contribution >= 4 is 48.5 Å². The van der Waals surface area contributed by atoms with Gasteiger partial charge < -0.3 is 5.32 Å². The Bertz CT molecular complexity index is 752. The number of hydrogen-bond donors (Lipinski definition) is 2. The summed E-state index contributed by atoms with van der Waals surface area (Å²) in [6.45, 7) is 2.15. The predicted molar refractivity (Wildman–Crippen MR) is 90.0 cm³/mol. The van der Waals surface area contributed by atoms with Gasteiger partial charge in [-0.3, -0.25) is 5.10 Å². The lowest BCUT2D eigenvalue weighted by Gasteiger charge is -2.18. The SMILES string of the molecule is CC(Nc1cccc2[nH]ncc12)c1ccc(Br)cc1Br. The first-order valence-corrected chi connectivity index (χ1v) is 7.87. The molecule has 0 radical (unpaired) electrons. The molecule has 0 saturated carbocycles. The number of anilines is 1. The second-order valence-electron chi connectivity index (χ2n) is 4.67. The Balaban J connectivity index is 1.92. The number of aromatic nitrogens is 2. The fourth-order valence-corrected chi connectivity index (χ4v) is 3.65. The minimum absolute atomic E-state index is 0.193. The summed E-state index contributed by atoms with van der Waals surface area (Å²) in [6.07, 6.45) is 1.85. The maximum Gasteiger partial charge on any atom is 0.0671 e. The van der Waals surface area contributed by atoms with Gasteiger partial charge in [0.05, 0.1) is 11.7 Å². The third-order valence-electron chi connectivity index (χ3n) is 3.29. The molecule has 0 bridgehead atoms. The van der Waals surface area contributed by atoms with Gasteiger partial charge in [0, 0.05) is 26.1 Å². The zero-order valence-corrected chi connectivity index (χ0v) is 14.0. The maximum absolute atomic E-state index is 4.09. The number of hydrogen-bond acceptors (Lipinski definition) is 2. The van der Waals surface area contributed by atoms with Crippen LogP contribution in [0.3, 0.4) is 0 Å². The zero-order valence-electron chi connectivity index (χ0n) is 10.8. The smallest absolute Gasteiger partial charge is 0.0671 e. The standard InChI is InChI=1S/C15H13Br2N3/c1-9(11-6-5-10(16)7-13(11)17)19-14-3-2-4-15-12(14)8-18-20-15/h2-9,19H,1H3,(H,18,20). The van der Waals surface area contributed by atoms with Gasteiger partial charge in [-0.2, -0.15) is 5.10 Å². The van der Waals surface area contributed by atoms with Crippen molar-refractivity contribution < 1.29 is 0 Å². The molecule has 20 heavy (non-hydrogen) atoms. The molecule has 3 nitrogen and oxygen atoms in total. The van der Waals surface area contributed by atoms with Crippen molar-refractivity contribution in [2.24, 2.45) is 0 Å². The van der Waals surface area contributed by atoms with E-state index in [2.05, 4.69) is 78.6 Å². The van der Waals surface area contributed by atoms with Crippen LogP contribution in [0.15, 0.2) is 51.5 Å². The molecule has 0 aliphatic heterocycles. The molecular formula is C15H13Br2N3. The first-order valence-electron chi connectivity index (χ1n) is 6.29. The van der Waals surface area contributed by atoms with E-state index in [9.17, 15) is 0 Å². The first-order chi connectivity index (χ1) is 9.65. The van der Waals surface area contributed by atoms with Crippen LogP contribution in [-0.2, 0) is 0 Å². The molecule has 2 aromatic carbocycles.